The van der Waals surface area contributed by atoms with Crippen LogP contribution in [0.5, 0.6) is 0 Å². The third kappa shape index (κ3) is 6.43. The summed E-state index contributed by atoms with van der Waals surface area (Å²) < 4.78 is 0. The molecule has 0 aromatic heterocycles. The van der Waals surface area contributed by atoms with Crippen molar-refractivity contribution in [1.82, 2.24) is 0 Å². The molecule has 0 unspecified atom stereocenters. The van der Waals surface area contributed by atoms with E-state index in [9.17, 15) is 9.90 Å². The molecule has 0 amide bonds. The Kier molecular flexibility index (Phi) is 6.82. The Morgan fingerprint density at radius 3 is 2.00 bits per heavy atom. The number of carboxylic acid groups (broad SMARTS) is 1. The van der Waals surface area contributed by atoms with Gasteiger partial charge in [-0.3, -0.25) is 0 Å². The molecule has 0 saturated carbocycles. The molecule has 3 nitrogen and oxygen atoms in total. The molecule has 0 bridgehead atoms. The van der Waals surface area contributed by atoms with Crippen molar-refractivity contribution in [2.24, 2.45) is 0 Å². The van der Waals surface area contributed by atoms with Gasteiger partial charge in [0.15, 0.2) is 0 Å². The van der Waals surface area contributed by atoms with Crippen LogP contribution in [-0.4, -0.2) is 17.2 Å². The molecule has 0 radical (unpaired) electrons. The van der Waals surface area contributed by atoms with Gasteiger partial charge in [0.2, 0.25) is 0 Å². The summed E-state index contributed by atoms with van der Waals surface area (Å²) in [5.74, 6) is -1.44. The minimum absolute atomic E-state index is 0. The molecule has 0 fully saturated rings. The van der Waals surface area contributed by atoms with E-state index in [1.807, 2.05) is 0 Å². The maximum absolute atomic E-state index is 9.34. The Morgan fingerprint density at radius 2 is 2.00 bits per heavy atom. The van der Waals surface area contributed by atoms with Gasteiger partial charge < -0.3 is 15.0 Å². The van der Waals surface area contributed by atoms with Crippen LogP contribution < -0.4 is 34.7 Å². The fourth-order valence-electron chi connectivity index (χ4n) is 0. The number of hydrogen-bond acceptors (Lipinski definition) is 3. The number of aliphatic carboxylic acids is 1. The van der Waals surface area contributed by atoms with E-state index >= 15 is 0 Å². The number of carboxylic acids is 1. The first kappa shape index (κ1) is 10.4. The number of carbonyl (C=O) groups excluding carboxylic acids is 1. The van der Waals surface area contributed by atoms with E-state index in [4.69, 9.17) is 5.11 Å². The van der Waals surface area contributed by atoms with Gasteiger partial charge in [-0.25, -0.2) is 0 Å². The number of carbonyl (C=O) groups is 1. The van der Waals surface area contributed by atoms with Crippen LogP contribution in [0.2, 0.25) is 0 Å². The summed E-state index contributed by atoms with van der Waals surface area (Å²) in [4.78, 5) is 9.34. The van der Waals surface area contributed by atoms with E-state index in [1.165, 1.54) is 0 Å². The van der Waals surface area contributed by atoms with Gasteiger partial charge >= 0.3 is 29.6 Å². The van der Waals surface area contributed by atoms with Crippen LogP contribution in [0.3, 0.4) is 0 Å². The van der Waals surface area contributed by atoms with E-state index < -0.39 is 12.1 Å². The van der Waals surface area contributed by atoms with Gasteiger partial charge in [0.1, 0.15) is 0 Å². The van der Waals surface area contributed by atoms with Crippen molar-refractivity contribution in [2.45, 2.75) is 13.0 Å². The van der Waals surface area contributed by atoms with Crippen LogP contribution in [0.15, 0.2) is 0 Å². The Labute approximate surface area is 63.6 Å². The van der Waals surface area contributed by atoms with Crippen LogP contribution in [0.25, 0.3) is 0 Å². The van der Waals surface area contributed by atoms with Crippen LogP contribution in [0.1, 0.15) is 6.92 Å². The standard InChI is InChI=1S/C3H6O3.Na/c1-2(4)3(5)6;/h2,4H,1H3,(H,5,6);/q;+1/p-1/t2-;/m1./s1/i1+1;. The van der Waals surface area contributed by atoms with Crippen molar-refractivity contribution in [2.75, 3.05) is 0 Å². The molecule has 1 atom stereocenters. The maximum Gasteiger partial charge on any atom is 1.00 e. The summed E-state index contributed by atoms with van der Waals surface area (Å²) in [6.45, 7) is 1.13. The minimum atomic E-state index is -1.44. The van der Waals surface area contributed by atoms with Crippen molar-refractivity contribution in [1.29, 1.82) is 0 Å². The molecule has 0 aromatic carbocycles. The molecule has 0 aliphatic heterocycles. The zero-order chi connectivity index (χ0) is 5.15. The van der Waals surface area contributed by atoms with Crippen LogP contribution in [-0.2, 0) is 4.79 Å². The normalized spacial score (nSPS) is 11.7. The fourth-order valence-corrected chi connectivity index (χ4v) is 0. The summed E-state index contributed by atoms with van der Waals surface area (Å²) in [6, 6.07) is 0. The van der Waals surface area contributed by atoms with Crippen molar-refractivity contribution in [3.63, 3.8) is 0 Å². The molecule has 0 aliphatic rings. The van der Waals surface area contributed by atoms with Crippen molar-refractivity contribution >= 4 is 5.97 Å². The average Bonchev–Trinajstić information content (AvgIpc) is 1.36. The van der Waals surface area contributed by atoms with E-state index in [1.54, 1.807) is 0 Å². The molecule has 4 heteroatoms. The molecule has 0 aliphatic carbocycles. The molecule has 36 valence electrons. The van der Waals surface area contributed by atoms with Crippen molar-refractivity contribution < 1.29 is 44.6 Å². The second kappa shape index (κ2) is 4.59. The smallest absolute Gasteiger partial charge is 0.547 e. The number of aliphatic hydroxyl groups is 1. The van der Waals surface area contributed by atoms with E-state index in [0.29, 0.717) is 0 Å². The summed E-state index contributed by atoms with van der Waals surface area (Å²) in [5, 5.41) is 17.3. The second-order valence-electron chi connectivity index (χ2n) is 0.995. The largest absolute Gasteiger partial charge is 1.00 e. The molecule has 7 heavy (non-hydrogen) atoms. The zero-order valence-electron chi connectivity index (χ0n) is 4.34. The van der Waals surface area contributed by atoms with Gasteiger partial charge in [-0.1, -0.05) is 0 Å². The van der Waals surface area contributed by atoms with Gasteiger partial charge in [-0.2, -0.15) is 0 Å². The third-order valence-electron chi connectivity index (χ3n) is 0.341. The fraction of sp³-hybridized carbons (Fsp3) is 0.667. The predicted molar refractivity (Wildman–Crippen MR) is 16.7 cm³/mol. The number of hydrogen-bond donors (Lipinski definition) is 1. The molecule has 0 spiro atoms. The molecule has 0 heterocycles. The Bertz CT molecular complexity index is 61.2. The SMILES string of the molecule is [13CH3][C@@H](O)C(=O)[O-].[Na+]. The molecule has 0 saturated heterocycles. The van der Waals surface area contributed by atoms with E-state index in [-0.39, 0.29) is 29.6 Å². The maximum atomic E-state index is 9.34. The second-order valence-corrected chi connectivity index (χ2v) is 0.995. The third-order valence-corrected chi connectivity index (χ3v) is 0.341. The van der Waals surface area contributed by atoms with Gasteiger partial charge in [-0.05, 0) is 6.92 Å². The van der Waals surface area contributed by atoms with Crippen LogP contribution in [0, 0.1) is 0 Å². The predicted octanol–water partition coefficient (Wildman–Crippen LogP) is -4.88. The van der Waals surface area contributed by atoms with Gasteiger partial charge in [0.25, 0.3) is 0 Å². The average molecular weight is 113 g/mol. The van der Waals surface area contributed by atoms with Crippen molar-refractivity contribution in [3.05, 3.63) is 0 Å². The molecule has 0 rings (SSSR count). The number of aliphatic hydroxyl groups excluding tert-OH is 1. The first-order valence-electron chi connectivity index (χ1n) is 1.53. The van der Waals surface area contributed by atoms with E-state index in [2.05, 4.69) is 0 Å². The quantitative estimate of drug-likeness (QED) is 0.274. The van der Waals surface area contributed by atoms with Crippen molar-refractivity contribution in [3.8, 4) is 0 Å². The molecule has 1 N–H and O–H groups in total. The monoisotopic (exact) mass is 113 g/mol. The van der Waals surface area contributed by atoms with Crippen LogP contribution in [0.4, 0.5) is 0 Å². The minimum Gasteiger partial charge on any atom is -0.547 e. The van der Waals surface area contributed by atoms with Gasteiger partial charge in [0, 0.05) is 0 Å². The van der Waals surface area contributed by atoms with E-state index in [0.717, 1.165) is 6.92 Å². The first-order valence-corrected chi connectivity index (χ1v) is 1.53. The Balaban J connectivity index is 0. The summed E-state index contributed by atoms with van der Waals surface area (Å²) in [5.41, 5.74) is 0. The molecular formula is C3H5NaO3. The Morgan fingerprint density at radius 1 is 1.86 bits per heavy atom. The molecule has 0 aromatic rings. The van der Waals surface area contributed by atoms with Gasteiger partial charge in [-0.15, -0.1) is 0 Å². The van der Waals surface area contributed by atoms with Crippen LogP contribution >= 0.6 is 0 Å². The zero-order valence-corrected chi connectivity index (χ0v) is 6.34. The topological polar surface area (TPSA) is 60.4 Å². The Hall–Kier alpha value is 0.430. The van der Waals surface area contributed by atoms with Gasteiger partial charge in [0.05, 0.1) is 12.1 Å². The number of rotatable bonds is 1. The summed E-state index contributed by atoms with van der Waals surface area (Å²) in [7, 11) is 0. The first-order chi connectivity index (χ1) is 2.64. The molecular weight excluding hydrogens is 108 g/mol. The summed E-state index contributed by atoms with van der Waals surface area (Å²) >= 11 is 0. The summed E-state index contributed by atoms with van der Waals surface area (Å²) in [6.07, 6.45) is -1.34.